The maximum Gasteiger partial charge on any atom is 0.119 e. The van der Waals surface area contributed by atoms with Gasteiger partial charge in [0.15, 0.2) is 0 Å². The van der Waals surface area contributed by atoms with Crippen LogP contribution in [0.1, 0.15) is 31.5 Å². The summed E-state index contributed by atoms with van der Waals surface area (Å²) >= 11 is 0. The molecule has 20 heavy (non-hydrogen) atoms. The maximum absolute atomic E-state index is 5.87. The maximum atomic E-state index is 5.87. The number of anilines is 1. The predicted octanol–water partition coefficient (Wildman–Crippen LogP) is 2.58. The van der Waals surface area contributed by atoms with E-state index < -0.39 is 0 Å². The second-order valence-electron chi connectivity index (χ2n) is 5.01. The molecule has 0 radical (unpaired) electrons. The zero-order valence-electron chi connectivity index (χ0n) is 12.2. The van der Waals surface area contributed by atoms with E-state index in [1.165, 1.54) is 0 Å². The molecule has 1 atom stereocenters. The summed E-state index contributed by atoms with van der Waals surface area (Å²) in [5, 5.41) is 7.77. The molecule has 2 aromatic rings. The van der Waals surface area contributed by atoms with Crippen LogP contribution in [0.25, 0.3) is 0 Å². The quantitative estimate of drug-likeness (QED) is 0.849. The van der Waals surface area contributed by atoms with E-state index in [1.54, 1.807) is 7.11 Å². The van der Waals surface area contributed by atoms with E-state index in [4.69, 9.17) is 10.5 Å². The zero-order chi connectivity index (χ0) is 14.5. The summed E-state index contributed by atoms with van der Waals surface area (Å²) in [6.45, 7) is 4.71. The molecule has 0 spiro atoms. The van der Waals surface area contributed by atoms with Gasteiger partial charge in [0, 0.05) is 30.0 Å². The van der Waals surface area contributed by atoms with E-state index in [1.807, 2.05) is 41.3 Å². The highest BCUT2D eigenvalue weighted by atomic mass is 16.5. The van der Waals surface area contributed by atoms with Crippen LogP contribution in [0.15, 0.2) is 36.7 Å². The third-order valence-electron chi connectivity index (χ3n) is 3.22. The lowest BCUT2D eigenvalue weighted by molar-refractivity contribution is 0.415. The molecule has 1 unspecified atom stereocenters. The van der Waals surface area contributed by atoms with Crippen molar-refractivity contribution in [2.24, 2.45) is 5.73 Å². The monoisotopic (exact) mass is 274 g/mol. The lowest BCUT2D eigenvalue weighted by Crippen LogP contribution is -2.20. The van der Waals surface area contributed by atoms with E-state index in [2.05, 4.69) is 24.3 Å². The number of aromatic nitrogens is 2. The average Bonchev–Trinajstić information content (AvgIpc) is 2.95. The Kier molecular flexibility index (Phi) is 4.63. The molecule has 1 aromatic carbocycles. The number of nitrogens with zero attached hydrogens (tertiary/aromatic N) is 2. The molecule has 0 bridgehead atoms. The van der Waals surface area contributed by atoms with E-state index in [9.17, 15) is 0 Å². The largest absolute Gasteiger partial charge is 0.497 e. The van der Waals surface area contributed by atoms with Gasteiger partial charge >= 0.3 is 0 Å². The van der Waals surface area contributed by atoms with Crippen molar-refractivity contribution >= 4 is 5.69 Å². The topological polar surface area (TPSA) is 65.1 Å². The molecule has 3 N–H and O–H groups in total. The fraction of sp³-hybridized carbons (Fsp3) is 0.400. The van der Waals surface area contributed by atoms with Crippen molar-refractivity contribution < 1.29 is 4.74 Å². The Hall–Kier alpha value is -2.01. The summed E-state index contributed by atoms with van der Waals surface area (Å²) in [5.74, 6) is 0.840. The van der Waals surface area contributed by atoms with Gasteiger partial charge in [-0.25, -0.2) is 0 Å². The van der Waals surface area contributed by atoms with Crippen molar-refractivity contribution in [1.29, 1.82) is 0 Å². The van der Waals surface area contributed by atoms with Gasteiger partial charge in [-0.2, -0.15) is 5.10 Å². The molecule has 1 heterocycles. The van der Waals surface area contributed by atoms with Crippen molar-refractivity contribution in [2.75, 3.05) is 19.0 Å². The Labute approximate surface area is 119 Å². The number of methoxy groups -OCH3 is 1. The molecule has 5 heteroatoms. The second kappa shape index (κ2) is 6.43. The molecule has 0 aliphatic rings. The lowest BCUT2D eigenvalue weighted by Gasteiger charge is -2.17. The Morgan fingerprint density at radius 2 is 2.00 bits per heavy atom. The zero-order valence-corrected chi connectivity index (χ0v) is 12.2. The second-order valence-corrected chi connectivity index (χ2v) is 5.01. The minimum Gasteiger partial charge on any atom is -0.497 e. The van der Waals surface area contributed by atoms with E-state index in [0.717, 1.165) is 17.0 Å². The third-order valence-corrected chi connectivity index (χ3v) is 3.22. The first-order chi connectivity index (χ1) is 9.63. The Bertz CT molecular complexity index is 533. The predicted molar refractivity (Wildman–Crippen MR) is 81.0 cm³/mol. The van der Waals surface area contributed by atoms with Gasteiger partial charge in [-0.1, -0.05) is 0 Å². The Morgan fingerprint density at radius 3 is 2.50 bits per heavy atom. The van der Waals surface area contributed by atoms with Gasteiger partial charge in [-0.05, 0) is 38.1 Å². The molecule has 0 amide bonds. The molecule has 0 aliphatic carbocycles. The van der Waals surface area contributed by atoms with Gasteiger partial charge in [-0.15, -0.1) is 0 Å². The summed E-state index contributed by atoms with van der Waals surface area (Å²) in [6.07, 6.45) is 3.91. The van der Waals surface area contributed by atoms with Crippen molar-refractivity contribution in [1.82, 2.24) is 9.78 Å². The highest BCUT2D eigenvalue weighted by Crippen LogP contribution is 2.21. The number of benzene rings is 1. The average molecular weight is 274 g/mol. The first kappa shape index (κ1) is 14.4. The van der Waals surface area contributed by atoms with Crippen LogP contribution in [-0.2, 0) is 0 Å². The Balaban J connectivity index is 2.10. The van der Waals surface area contributed by atoms with Crippen LogP contribution in [0.4, 0.5) is 5.69 Å². The SMILES string of the molecule is COc1ccc(NC(CN)c2cnn(C(C)C)c2)cc1. The van der Waals surface area contributed by atoms with Gasteiger partial charge in [0.05, 0.1) is 19.3 Å². The van der Waals surface area contributed by atoms with Crippen LogP contribution >= 0.6 is 0 Å². The Morgan fingerprint density at radius 1 is 1.30 bits per heavy atom. The van der Waals surface area contributed by atoms with Crippen molar-refractivity contribution in [2.45, 2.75) is 25.9 Å². The fourth-order valence-electron chi connectivity index (χ4n) is 1.98. The van der Waals surface area contributed by atoms with Crippen LogP contribution in [-0.4, -0.2) is 23.4 Å². The number of hydrogen-bond acceptors (Lipinski definition) is 4. The van der Waals surface area contributed by atoms with Crippen molar-refractivity contribution in [3.05, 3.63) is 42.2 Å². The summed E-state index contributed by atoms with van der Waals surface area (Å²) in [6, 6.07) is 8.21. The molecule has 1 aromatic heterocycles. The minimum atomic E-state index is 0.0518. The lowest BCUT2D eigenvalue weighted by atomic mass is 10.1. The summed E-state index contributed by atoms with van der Waals surface area (Å²) in [4.78, 5) is 0. The van der Waals surface area contributed by atoms with Gasteiger partial charge < -0.3 is 15.8 Å². The van der Waals surface area contributed by atoms with E-state index in [-0.39, 0.29) is 6.04 Å². The molecule has 0 saturated heterocycles. The van der Waals surface area contributed by atoms with Crippen LogP contribution in [0.2, 0.25) is 0 Å². The number of nitrogens with two attached hydrogens (primary N) is 1. The summed E-state index contributed by atoms with van der Waals surface area (Å²) < 4.78 is 7.09. The van der Waals surface area contributed by atoms with Crippen LogP contribution in [0.3, 0.4) is 0 Å². The standard InChI is InChI=1S/C15H22N4O/c1-11(2)19-10-12(9-17-19)15(8-16)18-13-4-6-14(20-3)7-5-13/h4-7,9-11,15,18H,8,16H2,1-3H3. The number of ether oxygens (including phenoxy) is 1. The van der Waals surface area contributed by atoms with Crippen molar-refractivity contribution in [3.8, 4) is 5.75 Å². The first-order valence-corrected chi connectivity index (χ1v) is 6.78. The summed E-state index contributed by atoms with van der Waals surface area (Å²) in [5.41, 5.74) is 7.98. The van der Waals surface area contributed by atoms with Gasteiger partial charge in [0.25, 0.3) is 0 Å². The van der Waals surface area contributed by atoms with Gasteiger partial charge in [-0.3, -0.25) is 4.68 Å². The molecular formula is C15H22N4O. The number of hydrogen-bond donors (Lipinski definition) is 2. The van der Waals surface area contributed by atoms with Crippen molar-refractivity contribution in [3.63, 3.8) is 0 Å². The number of nitrogens with one attached hydrogen (secondary N) is 1. The molecule has 0 fully saturated rings. The fourth-order valence-corrected chi connectivity index (χ4v) is 1.98. The molecule has 0 saturated carbocycles. The smallest absolute Gasteiger partial charge is 0.119 e. The normalized spacial score (nSPS) is 12.4. The van der Waals surface area contributed by atoms with E-state index in [0.29, 0.717) is 12.6 Å². The van der Waals surface area contributed by atoms with Crippen LogP contribution in [0, 0.1) is 0 Å². The highest BCUT2D eigenvalue weighted by molar-refractivity contribution is 5.48. The molecule has 0 aliphatic heterocycles. The molecule has 5 nitrogen and oxygen atoms in total. The highest BCUT2D eigenvalue weighted by Gasteiger charge is 2.12. The van der Waals surface area contributed by atoms with Crippen LogP contribution < -0.4 is 15.8 Å². The molecule has 108 valence electrons. The first-order valence-electron chi connectivity index (χ1n) is 6.78. The number of rotatable bonds is 6. The van der Waals surface area contributed by atoms with Gasteiger partial charge in [0.1, 0.15) is 5.75 Å². The molecule has 2 rings (SSSR count). The van der Waals surface area contributed by atoms with Crippen LogP contribution in [0.5, 0.6) is 5.75 Å². The minimum absolute atomic E-state index is 0.0518. The van der Waals surface area contributed by atoms with Gasteiger partial charge in [0.2, 0.25) is 0 Å². The third kappa shape index (κ3) is 3.30. The van der Waals surface area contributed by atoms with E-state index >= 15 is 0 Å². The molecular weight excluding hydrogens is 252 g/mol. The summed E-state index contributed by atoms with van der Waals surface area (Å²) in [7, 11) is 1.66.